The van der Waals surface area contributed by atoms with Gasteiger partial charge < -0.3 is 5.73 Å². The van der Waals surface area contributed by atoms with E-state index in [-0.39, 0.29) is 0 Å². The number of nitrogens with two attached hydrogens (primary N) is 1. The number of hydrazine groups is 1. The second kappa shape index (κ2) is 3.14. The van der Waals surface area contributed by atoms with Crippen molar-refractivity contribution in [2.75, 3.05) is 17.4 Å². The number of nitrogen functional groups attached to an aromatic ring is 1. The molecule has 13 heavy (non-hydrogen) atoms. The highest BCUT2D eigenvalue weighted by Crippen LogP contribution is 2.16. The van der Waals surface area contributed by atoms with Crippen LogP contribution in [0.1, 0.15) is 0 Å². The van der Waals surface area contributed by atoms with Crippen molar-refractivity contribution in [1.29, 1.82) is 0 Å². The van der Waals surface area contributed by atoms with Gasteiger partial charge in [0, 0.05) is 5.69 Å². The Hall–Kier alpha value is -1.42. The topological polar surface area (TPSA) is 53.6 Å². The lowest BCUT2D eigenvalue weighted by Crippen LogP contribution is -2.33. The maximum Gasteiger partial charge on any atom is 0.212 e. The molecular formula is C8H9ClN4. The van der Waals surface area contributed by atoms with Crippen molar-refractivity contribution in [1.82, 2.24) is 5.43 Å². The van der Waals surface area contributed by atoms with E-state index in [1.807, 2.05) is 29.3 Å². The van der Waals surface area contributed by atoms with E-state index < -0.39 is 0 Å². The summed E-state index contributed by atoms with van der Waals surface area (Å²) < 4.78 is 0. The molecule has 68 valence electrons. The van der Waals surface area contributed by atoms with Crippen LogP contribution in [0.25, 0.3) is 0 Å². The number of amidine groups is 1. The van der Waals surface area contributed by atoms with Gasteiger partial charge in [-0.2, -0.15) is 0 Å². The molecule has 3 N–H and O–H groups in total. The predicted octanol–water partition coefficient (Wildman–Crippen LogP) is 1.15. The molecule has 0 saturated carbocycles. The minimum Gasteiger partial charge on any atom is -0.399 e. The first kappa shape index (κ1) is 8.19. The minimum atomic E-state index is 0.414. The Morgan fingerprint density at radius 3 is 2.62 bits per heavy atom. The molecule has 0 amide bonds. The molecule has 0 unspecified atom stereocenters. The molecule has 2 rings (SSSR count). The largest absolute Gasteiger partial charge is 0.399 e. The van der Waals surface area contributed by atoms with Crippen LogP contribution in [0.15, 0.2) is 29.3 Å². The highest BCUT2D eigenvalue weighted by atomic mass is 35.5. The summed E-state index contributed by atoms with van der Waals surface area (Å²) in [4.78, 5) is 3.98. The van der Waals surface area contributed by atoms with Gasteiger partial charge in [-0.15, -0.1) is 0 Å². The molecule has 0 saturated heterocycles. The highest BCUT2D eigenvalue weighted by Gasteiger charge is 2.12. The van der Waals surface area contributed by atoms with Gasteiger partial charge in [-0.25, -0.2) is 4.99 Å². The number of aliphatic imine (C=N–C) groups is 1. The van der Waals surface area contributed by atoms with Crippen LogP contribution in [0.5, 0.6) is 0 Å². The molecule has 0 atom stereocenters. The fraction of sp³-hybridized carbons (Fsp3) is 0.125. The third kappa shape index (κ3) is 1.67. The average molecular weight is 197 g/mol. The summed E-state index contributed by atoms with van der Waals surface area (Å²) in [7, 11) is 0. The number of benzene rings is 1. The van der Waals surface area contributed by atoms with Gasteiger partial charge in [0.2, 0.25) is 5.29 Å². The normalized spacial score (nSPS) is 15.5. The van der Waals surface area contributed by atoms with Gasteiger partial charge >= 0.3 is 0 Å². The van der Waals surface area contributed by atoms with Crippen LogP contribution >= 0.6 is 11.6 Å². The molecule has 4 nitrogen and oxygen atoms in total. The van der Waals surface area contributed by atoms with Crippen LogP contribution < -0.4 is 16.2 Å². The minimum absolute atomic E-state index is 0.414. The summed E-state index contributed by atoms with van der Waals surface area (Å²) in [6, 6.07) is 7.49. The van der Waals surface area contributed by atoms with Gasteiger partial charge in [-0.05, 0) is 35.9 Å². The fourth-order valence-electron chi connectivity index (χ4n) is 1.12. The number of nitrogens with one attached hydrogen (secondary N) is 1. The number of hydrogen-bond acceptors (Lipinski definition) is 4. The van der Waals surface area contributed by atoms with Crippen LogP contribution in [-0.4, -0.2) is 12.0 Å². The molecule has 1 aromatic rings. The zero-order chi connectivity index (χ0) is 9.26. The van der Waals surface area contributed by atoms with Crippen molar-refractivity contribution in [3.63, 3.8) is 0 Å². The molecule has 0 fully saturated rings. The predicted molar refractivity (Wildman–Crippen MR) is 54.6 cm³/mol. The van der Waals surface area contributed by atoms with Crippen LogP contribution in [0.4, 0.5) is 11.4 Å². The maximum absolute atomic E-state index is 5.66. The van der Waals surface area contributed by atoms with Gasteiger partial charge in [0.25, 0.3) is 0 Å². The molecule has 0 spiro atoms. The van der Waals surface area contributed by atoms with E-state index in [2.05, 4.69) is 10.4 Å². The van der Waals surface area contributed by atoms with Crippen LogP contribution in [0.2, 0.25) is 0 Å². The summed E-state index contributed by atoms with van der Waals surface area (Å²) >= 11 is 5.66. The van der Waals surface area contributed by atoms with Crippen LogP contribution in [-0.2, 0) is 0 Å². The summed E-state index contributed by atoms with van der Waals surface area (Å²) in [5.41, 5.74) is 10.2. The Morgan fingerprint density at radius 1 is 1.38 bits per heavy atom. The van der Waals surface area contributed by atoms with Gasteiger partial charge in [0.15, 0.2) is 0 Å². The maximum atomic E-state index is 5.66. The number of anilines is 2. The fourth-order valence-corrected chi connectivity index (χ4v) is 1.27. The van der Waals surface area contributed by atoms with Gasteiger partial charge in [0.1, 0.15) is 6.67 Å². The molecule has 0 radical (unpaired) electrons. The quantitative estimate of drug-likeness (QED) is 0.523. The van der Waals surface area contributed by atoms with Crippen molar-refractivity contribution in [2.24, 2.45) is 4.99 Å². The molecule has 0 aromatic heterocycles. The van der Waals surface area contributed by atoms with E-state index in [1.165, 1.54) is 0 Å². The van der Waals surface area contributed by atoms with Gasteiger partial charge in [0.05, 0.1) is 5.69 Å². The molecule has 5 heteroatoms. The van der Waals surface area contributed by atoms with E-state index in [4.69, 9.17) is 17.3 Å². The summed E-state index contributed by atoms with van der Waals surface area (Å²) in [6.07, 6.45) is 0. The van der Waals surface area contributed by atoms with Crippen molar-refractivity contribution >= 4 is 28.3 Å². The zero-order valence-electron chi connectivity index (χ0n) is 6.87. The van der Waals surface area contributed by atoms with E-state index in [9.17, 15) is 0 Å². The van der Waals surface area contributed by atoms with Gasteiger partial charge in [-0.3, -0.25) is 10.4 Å². The average Bonchev–Trinajstić information content (AvgIpc) is 2.53. The number of halogens is 1. The Kier molecular flexibility index (Phi) is 1.98. The first-order valence-electron chi connectivity index (χ1n) is 3.85. The van der Waals surface area contributed by atoms with Crippen LogP contribution in [0, 0.1) is 0 Å². The molecule has 1 aromatic carbocycles. The standard InChI is InChI=1S/C8H9ClN4/c9-8-11-5-13(12-8)7-3-1-6(10)2-4-7/h1-4H,5,10H2,(H,11,12). The Morgan fingerprint density at radius 2 is 2.08 bits per heavy atom. The van der Waals surface area contributed by atoms with E-state index in [0.29, 0.717) is 12.0 Å². The lowest BCUT2D eigenvalue weighted by Gasteiger charge is -2.16. The van der Waals surface area contributed by atoms with E-state index in [1.54, 1.807) is 0 Å². The second-order valence-corrected chi connectivity index (χ2v) is 3.08. The number of nitrogens with zero attached hydrogens (tertiary/aromatic N) is 2. The third-order valence-electron chi connectivity index (χ3n) is 1.78. The highest BCUT2D eigenvalue weighted by molar-refractivity contribution is 6.65. The first-order valence-corrected chi connectivity index (χ1v) is 4.23. The third-order valence-corrected chi connectivity index (χ3v) is 1.99. The smallest absolute Gasteiger partial charge is 0.212 e. The Labute approximate surface area is 81.0 Å². The molecule has 1 aliphatic rings. The second-order valence-electron chi connectivity index (χ2n) is 2.72. The molecule has 1 heterocycles. The van der Waals surface area contributed by atoms with Gasteiger partial charge in [-0.1, -0.05) is 0 Å². The number of rotatable bonds is 1. The lowest BCUT2D eigenvalue weighted by molar-refractivity contribution is 0.844. The van der Waals surface area contributed by atoms with Crippen molar-refractivity contribution in [2.45, 2.75) is 0 Å². The Balaban J connectivity index is 2.14. The van der Waals surface area contributed by atoms with E-state index in [0.717, 1.165) is 11.4 Å². The number of hydrogen-bond donors (Lipinski definition) is 2. The lowest BCUT2D eigenvalue weighted by atomic mass is 10.3. The molecule has 0 aliphatic carbocycles. The zero-order valence-corrected chi connectivity index (χ0v) is 7.62. The van der Waals surface area contributed by atoms with Crippen molar-refractivity contribution < 1.29 is 0 Å². The van der Waals surface area contributed by atoms with E-state index >= 15 is 0 Å². The summed E-state index contributed by atoms with van der Waals surface area (Å²) in [6.45, 7) is 0.531. The summed E-state index contributed by atoms with van der Waals surface area (Å²) in [5, 5.41) is 2.25. The molecular weight excluding hydrogens is 188 g/mol. The monoisotopic (exact) mass is 196 g/mol. The summed E-state index contributed by atoms with van der Waals surface area (Å²) in [5.74, 6) is 0. The van der Waals surface area contributed by atoms with Crippen molar-refractivity contribution in [3.8, 4) is 0 Å². The molecule has 1 aliphatic heterocycles. The Bertz CT molecular complexity index is 333. The SMILES string of the molecule is Nc1ccc(N2CN=C(Cl)N2)cc1. The van der Waals surface area contributed by atoms with Crippen LogP contribution in [0.3, 0.4) is 0 Å². The van der Waals surface area contributed by atoms with Crippen molar-refractivity contribution in [3.05, 3.63) is 24.3 Å². The first-order chi connectivity index (χ1) is 6.25. The molecule has 0 bridgehead atoms.